The number of H-pyrrole nitrogens is 1. The number of benzene rings is 1. The van der Waals surface area contributed by atoms with Gasteiger partial charge in [-0.2, -0.15) is 13.2 Å². The zero-order valence-electron chi connectivity index (χ0n) is 17.7. The minimum Gasteiger partial charge on any atom is -0.393 e. The summed E-state index contributed by atoms with van der Waals surface area (Å²) in [5, 5.41) is 10.9. The topological polar surface area (TPSA) is 115 Å². The lowest BCUT2D eigenvalue weighted by Crippen LogP contribution is -2.41. The molecule has 0 radical (unpaired) electrons. The molecular weight excluding hydrogens is 479 g/mol. The number of fused-ring (bicyclic) bond motifs is 1. The third-order valence-electron chi connectivity index (χ3n) is 5.53. The molecule has 1 aliphatic rings. The predicted octanol–water partition coefficient (Wildman–Crippen LogP) is 2.72. The maximum absolute atomic E-state index is 14.0. The smallest absolute Gasteiger partial charge is 0.393 e. The molecule has 8 nitrogen and oxygen atoms in total. The van der Waals surface area contributed by atoms with Crippen molar-refractivity contribution in [2.24, 2.45) is 0 Å². The number of alkyl halides is 3. The zero-order valence-corrected chi connectivity index (χ0v) is 17.7. The van der Waals surface area contributed by atoms with Crippen LogP contribution in [-0.4, -0.2) is 45.7 Å². The molecule has 4 rings (SSSR count). The molecule has 2 atom stereocenters. The quantitative estimate of drug-likeness (QED) is 0.481. The standard InChI is InChI=1S/C22H17F5N4O4/c23-13-2-1-3-14(24)17(13)19(22(25,26)27)30-21(35)12-9-28-20-11(18(12)34)4-5-15(29-20)31-7-6-10(32)8-16(31)33/h1-5,9-10,19,32H,6-8H2,(H,30,35)(H,28,29,34). The van der Waals surface area contributed by atoms with Gasteiger partial charge in [0.2, 0.25) is 11.3 Å². The number of rotatable bonds is 4. The van der Waals surface area contributed by atoms with Crippen molar-refractivity contribution in [1.29, 1.82) is 0 Å². The molecule has 184 valence electrons. The number of hydrogen-bond acceptors (Lipinski definition) is 5. The Bertz CT molecular complexity index is 1350. The van der Waals surface area contributed by atoms with Crippen molar-refractivity contribution in [2.75, 3.05) is 11.4 Å². The lowest BCUT2D eigenvalue weighted by Gasteiger charge is -2.28. The first-order valence-electron chi connectivity index (χ1n) is 10.3. The summed E-state index contributed by atoms with van der Waals surface area (Å²) in [6.45, 7) is 0.189. The van der Waals surface area contributed by atoms with Gasteiger partial charge in [-0.3, -0.25) is 19.3 Å². The molecule has 1 fully saturated rings. The van der Waals surface area contributed by atoms with Crippen LogP contribution in [0.5, 0.6) is 0 Å². The van der Waals surface area contributed by atoms with Gasteiger partial charge in [-0.15, -0.1) is 0 Å². The highest BCUT2D eigenvalue weighted by Crippen LogP contribution is 2.35. The van der Waals surface area contributed by atoms with Gasteiger partial charge in [-0.25, -0.2) is 13.8 Å². The summed E-state index contributed by atoms with van der Waals surface area (Å²) >= 11 is 0. The van der Waals surface area contributed by atoms with Crippen molar-refractivity contribution in [2.45, 2.75) is 31.2 Å². The lowest BCUT2D eigenvalue weighted by molar-refractivity contribution is -0.156. The number of nitrogens with one attached hydrogen (secondary N) is 2. The van der Waals surface area contributed by atoms with Gasteiger partial charge >= 0.3 is 6.18 Å². The molecule has 3 N–H and O–H groups in total. The monoisotopic (exact) mass is 496 g/mol. The Balaban J connectivity index is 1.66. The molecule has 0 spiro atoms. The number of carbonyl (C=O) groups is 2. The van der Waals surface area contributed by atoms with Gasteiger partial charge in [0, 0.05) is 12.7 Å². The molecule has 2 amide bonds. The number of nitrogens with zero attached hydrogens (tertiary/aromatic N) is 2. The van der Waals surface area contributed by atoms with Crippen LogP contribution in [0.1, 0.15) is 34.8 Å². The summed E-state index contributed by atoms with van der Waals surface area (Å²) in [7, 11) is 0. The number of carbonyl (C=O) groups excluding carboxylic acids is 2. The summed E-state index contributed by atoms with van der Waals surface area (Å²) in [5.74, 6) is -4.75. The van der Waals surface area contributed by atoms with Crippen LogP contribution >= 0.6 is 0 Å². The lowest BCUT2D eigenvalue weighted by atomic mass is 10.0. The number of halogens is 5. The van der Waals surface area contributed by atoms with Gasteiger partial charge < -0.3 is 15.4 Å². The Hall–Kier alpha value is -3.87. The molecule has 0 bridgehead atoms. The molecular formula is C22H17F5N4O4. The van der Waals surface area contributed by atoms with E-state index in [1.54, 1.807) is 0 Å². The number of pyridine rings is 2. The molecule has 1 aromatic carbocycles. The number of aliphatic hydroxyl groups excluding tert-OH is 1. The van der Waals surface area contributed by atoms with Gasteiger partial charge in [-0.05, 0) is 30.7 Å². The zero-order chi connectivity index (χ0) is 25.5. The van der Waals surface area contributed by atoms with E-state index in [-0.39, 0.29) is 35.7 Å². The van der Waals surface area contributed by atoms with Gasteiger partial charge in [0.25, 0.3) is 5.91 Å². The maximum atomic E-state index is 14.0. The fourth-order valence-corrected chi connectivity index (χ4v) is 3.78. The van der Waals surface area contributed by atoms with E-state index in [1.165, 1.54) is 22.3 Å². The second-order valence-electron chi connectivity index (χ2n) is 7.87. The van der Waals surface area contributed by atoms with E-state index < -0.39 is 52.4 Å². The largest absolute Gasteiger partial charge is 0.413 e. The average Bonchev–Trinajstić information content (AvgIpc) is 2.77. The van der Waals surface area contributed by atoms with Crippen LogP contribution in [0, 0.1) is 11.6 Å². The molecule has 1 aliphatic heterocycles. The van der Waals surface area contributed by atoms with Crippen LogP contribution in [0.4, 0.5) is 27.8 Å². The SMILES string of the molecule is O=C(NC(c1c(F)cccc1F)C(F)(F)F)c1c[nH]c2nc(N3CCC(O)CC3=O)ccc2c1=O. The van der Waals surface area contributed by atoms with Crippen molar-refractivity contribution in [1.82, 2.24) is 15.3 Å². The molecule has 2 unspecified atom stereocenters. The van der Waals surface area contributed by atoms with Gasteiger partial charge in [0.15, 0.2) is 6.04 Å². The molecule has 0 aliphatic carbocycles. The predicted molar refractivity (Wildman–Crippen MR) is 113 cm³/mol. The van der Waals surface area contributed by atoms with Gasteiger partial charge in [0.05, 0.1) is 23.5 Å². The second-order valence-corrected chi connectivity index (χ2v) is 7.87. The minimum atomic E-state index is -5.27. The Morgan fingerprint density at radius 1 is 1.17 bits per heavy atom. The summed E-state index contributed by atoms with van der Waals surface area (Å²) < 4.78 is 68.7. The molecule has 1 saturated heterocycles. The molecule has 3 heterocycles. The van der Waals surface area contributed by atoms with E-state index in [2.05, 4.69) is 9.97 Å². The molecule has 3 aromatic rings. The van der Waals surface area contributed by atoms with Crippen molar-refractivity contribution in [3.8, 4) is 0 Å². The van der Waals surface area contributed by atoms with E-state index in [0.717, 1.165) is 12.3 Å². The minimum absolute atomic E-state index is 0.0458. The summed E-state index contributed by atoms with van der Waals surface area (Å²) in [4.78, 5) is 45.5. The summed E-state index contributed by atoms with van der Waals surface area (Å²) in [6, 6.07) is 1.61. The Morgan fingerprint density at radius 3 is 2.49 bits per heavy atom. The van der Waals surface area contributed by atoms with Crippen molar-refractivity contribution in [3.05, 3.63) is 69.5 Å². The molecule has 13 heteroatoms. The number of piperidine rings is 1. The highest BCUT2D eigenvalue weighted by Gasteiger charge is 2.45. The summed E-state index contributed by atoms with van der Waals surface area (Å²) in [6.07, 6.45) is -4.99. The number of aromatic amines is 1. The number of anilines is 1. The van der Waals surface area contributed by atoms with E-state index in [4.69, 9.17) is 0 Å². The average molecular weight is 496 g/mol. The van der Waals surface area contributed by atoms with E-state index in [0.29, 0.717) is 18.6 Å². The Morgan fingerprint density at radius 2 is 1.86 bits per heavy atom. The molecule has 35 heavy (non-hydrogen) atoms. The van der Waals surface area contributed by atoms with E-state index in [1.807, 2.05) is 0 Å². The van der Waals surface area contributed by atoms with Crippen LogP contribution in [0.15, 0.2) is 41.3 Å². The highest BCUT2D eigenvalue weighted by molar-refractivity contribution is 5.98. The van der Waals surface area contributed by atoms with Crippen LogP contribution in [0.3, 0.4) is 0 Å². The normalized spacial score (nSPS) is 17.5. The van der Waals surface area contributed by atoms with Crippen LogP contribution < -0.4 is 15.6 Å². The number of aliphatic hydroxyl groups is 1. The number of hydrogen-bond donors (Lipinski definition) is 3. The molecule has 0 saturated carbocycles. The third kappa shape index (κ3) is 4.71. The van der Waals surface area contributed by atoms with Gasteiger partial charge in [0.1, 0.15) is 28.7 Å². The fourth-order valence-electron chi connectivity index (χ4n) is 3.78. The van der Waals surface area contributed by atoms with E-state index in [9.17, 15) is 41.4 Å². The maximum Gasteiger partial charge on any atom is 0.413 e. The first kappa shape index (κ1) is 24.3. The third-order valence-corrected chi connectivity index (χ3v) is 5.53. The molecule has 2 aromatic heterocycles. The second kappa shape index (κ2) is 9.06. The van der Waals surface area contributed by atoms with Crippen molar-refractivity contribution >= 4 is 28.7 Å². The first-order valence-corrected chi connectivity index (χ1v) is 10.3. The number of aromatic nitrogens is 2. The van der Waals surface area contributed by atoms with Crippen molar-refractivity contribution in [3.63, 3.8) is 0 Å². The first-order chi connectivity index (χ1) is 16.5. The van der Waals surface area contributed by atoms with Crippen LogP contribution in [-0.2, 0) is 4.79 Å². The van der Waals surface area contributed by atoms with Crippen molar-refractivity contribution < 1.29 is 36.6 Å². The van der Waals surface area contributed by atoms with Crippen LogP contribution in [0.25, 0.3) is 11.0 Å². The number of amides is 2. The van der Waals surface area contributed by atoms with Gasteiger partial charge in [-0.1, -0.05) is 6.07 Å². The fraction of sp³-hybridized carbons (Fsp3) is 0.273. The highest BCUT2D eigenvalue weighted by atomic mass is 19.4. The Labute approximate surface area is 193 Å². The van der Waals surface area contributed by atoms with Crippen LogP contribution in [0.2, 0.25) is 0 Å². The summed E-state index contributed by atoms with van der Waals surface area (Å²) in [5.41, 5.74) is -3.18. The Kier molecular flexibility index (Phi) is 6.28. The van der Waals surface area contributed by atoms with E-state index >= 15 is 0 Å².